The van der Waals surface area contributed by atoms with Gasteiger partial charge >= 0.3 is 0 Å². The maximum Gasteiger partial charge on any atom is 0.230 e. The summed E-state index contributed by atoms with van der Waals surface area (Å²) in [5.41, 5.74) is 2.08. The average molecular weight is 413 g/mol. The number of nitrogens with zero attached hydrogens (tertiary/aromatic N) is 4. The van der Waals surface area contributed by atoms with E-state index in [0.717, 1.165) is 37.4 Å². The molecule has 3 aromatic rings. The Kier molecular flexibility index (Phi) is 5.86. The molecule has 1 aliphatic heterocycles. The lowest BCUT2D eigenvalue weighted by Crippen LogP contribution is -2.38. The Bertz CT molecular complexity index is 971. The van der Waals surface area contributed by atoms with Gasteiger partial charge in [-0.15, -0.1) is 10.2 Å². The number of aryl methyl sites for hydroxylation is 1. The standard InChI is InChI=1S/C20H24N6O2S/c1-14-17(8-10-28-14)19-23-24-20(26(19)21)29-13-18(27)22-16-7-9-25(12-16)11-15-5-3-2-4-6-15/h2-6,8,10,16H,7,9,11-13,21H2,1H3,(H,22,27)/t16-/m1/s1. The van der Waals surface area contributed by atoms with Crippen molar-refractivity contribution in [3.8, 4) is 11.4 Å². The van der Waals surface area contributed by atoms with Gasteiger partial charge in [-0.05, 0) is 25.0 Å². The average Bonchev–Trinajstić information content (AvgIpc) is 3.42. The van der Waals surface area contributed by atoms with Gasteiger partial charge in [-0.2, -0.15) is 0 Å². The van der Waals surface area contributed by atoms with Crippen LogP contribution < -0.4 is 11.2 Å². The Hall–Kier alpha value is -2.78. The number of hydrogen-bond donors (Lipinski definition) is 2. The number of carbonyl (C=O) groups excluding carboxylic acids is 1. The normalized spacial score (nSPS) is 16.9. The molecule has 0 saturated carbocycles. The summed E-state index contributed by atoms with van der Waals surface area (Å²) in [4.78, 5) is 14.7. The number of thioether (sulfide) groups is 1. The predicted octanol–water partition coefficient (Wildman–Crippen LogP) is 2.04. The van der Waals surface area contributed by atoms with Crippen molar-refractivity contribution in [1.82, 2.24) is 25.1 Å². The molecule has 8 nitrogen and oxygen atoms in total. The highest BCUT2D eigenvalue weighted by atomic mass is 32.2. The van der Waals surface area contributed by atoms with E-state index >= 15 is 0 Å². The van der Waals surface area contributed by atoms with Crippen LogP contribution in [0.3, 0.4) is 0 Å². The summed E-state index contributed by atoms with van der Waals surface area (Å²) in [6.07, 6.45) is 2.54. The molecule has 1 fully saturated rings. The number of rotatable bonds is 7. The van der Waals surface area contributed by atoms with E-state index in [1.165, 1.54) is 22.0 Å². The smallest absolute Gasteiger partial charge is 0.230 e. The van der Waals surface area contributed by atoms with Crippen LogP contribution in [0.5, 0.6) is 0 Å². The first-order chi connectivity index (χ1) is 14.1. The summed E-state index contributed by atoms with van der Waals surface area (Å²) < 4.78 is 6.69. The minimum atomic E-state index is -0.0226. The van der Waals surface area contributed by atoms with Gasteiger partial charge in [-0.1, -0.05) is 42.1 Å². The third kappa shape index (κ3) is 4.63. The first-order valence-corrected chi connectivity index (χ1v) is 10.5. The van der Waals surface area contributed by atoms with Crippen LogP contribution in [0.15, 0.2) is 52.2 Å². The van der Waals surface area contributed by atoms with Gasteiger partial charge in [0.2, 0.25) is 11.1 Å². The number of nitrogen functional groups attached to an aromatic ring is 1. The lowest BCUT2D eigenvalue weighted by atomic mass is 10.2. The number of furan rings is 1. The fraction of sp³-hybridized carbons (Fsp3) is 0.350. The lowest BCUT2D eigenvalue weighted by molar-refractivity contribution is -0.119. The number of likely N-dealkylation sites (tertiary alicyclic amines) is 1. The minimum Gasteiger partial charge on any atom is -0.469 e. The lowest BCUT2D eigenvalue weighted by Gasteiger charge is -2.16. The molecule has 9 heteroatoms. The highest BCUT2D eigenvalue weighted by Gasteiger charge is 2.24. The van der Waals surface area contributed by atoms with Crippen molar-refractivity contribution in [3.05, 3.63) is 54.0 Å². The molecule has 4 rings (SSSR count). The molecule has 29 heavy (non-hydrogen) atoms. The topological polar surface area (TPSA) is 102 Å². The first kappa shape index (κ1) is 19.5. The largest absolute Gasteiger partial charge is 0.469 e. The fourth-order valence-corrected chi connectivity index (χ4v) is 4.18. The van der Waals surface area contributed by atoms with Crippen LogP contribution in [-0.4, -0.2) is 50.6 Å². The molecular formula is C20H24N6O2S. The maximum absolute atomic E-state index is 12.4. The van der Waals surface area contributed by atoms with Gasteiger partial charge in [-0.25, -0.2) is 4.68 Å². The molecule has 3 heterocycles. The molecule has 1 aliphatic rings. The van der Waals surface area contributed by atoms with E-state index in [-0.39, 0.29) is 17.7 Å². The second-order valence-corrected chi connectivity index (χ2v) is 8.07. The van der Waals surface area contributed by atoms with Crippen LogP contribution in [0, 0.1) is 6.92 Å². The number of amides is 1. The Morgan fingerprint density at radius 1 is 1.31 bits per heavy atom. The van der Waals surface area contributed by atoms with Crippen molar-refractivity contribution in [2.45, 2.75) is 31.1 Å². The number of nitrogens with two attached hydrogens (primary N) is 1. The van der Waals surface area contributed by atoms with Crippen molar-refractivity contribution >= 4 is 17.7 Å². The first-order valence-electron chi connectivity index (χ1n) is 9.53. The molecule has 0 spiro atoms. The Morgan fingerprint density at radius 3 is 2.90 bits per heavy atom. The quantitative estimate of drug-likeness (QED) is 0.452. The number of aromatic nitrogens is 3. The minimum absolute atomic E-state index is 0.0226. The van der Waals surface area contributed by atoms with Crippen LogP contribution >= 0.6 is 11.8 Å². The third-order valence-corrected chi connectivity index (χ3v) is 5.93. The van der Waals surface area contributed by atoms with Gasteiger partial charge in [-0.3, -0.25) is 9.69 Å². The van der Waals surface area contributed by atoms with E-state index in [1.54, 1.807) is 12.3 Å². The molecule has 1 aromatic carbocycles. The van der Waals surface area contributed by atoms with Crippen LogP contribution in [-0.2, 0) is 11.3 Å². The highest BCUT2D eigenvalue weighted by molar-refractivity contribution is 7.99. The van der Waals surface area contributed by atoms with Crippen LogP contribution in [0.2, 0.25) is 0 Å². The maximum atomic E-state index is 12.4. The van der Waals surface area contributed by atoms with Crippen molar-refractivity contribution in [2.24, 2.45) is 0 Å². The molecule has 1 saturated heterocycles. The molecule has 0 bridgehead atoms. The second kappa shape index (κ2) is 8.71. The molecule has 2 aromatic heterocycles. The molecule has 1 atom stereocenters. The van der Waals surface area contributed by atoms with Crippen molar-refractivity contribution in [1.29, 1.82) is 0 Å². The van der Waals surface area contributed by atoms with Crippen molar-refractivity contribution in [2.75, 3.05) is 24.7 Å². The molecule has 152 valence electrons. The molecule has 0 unspecified atom stereocenters. The summed E-state index contributed by atoms with van der Waals surface area (Å²) in [7, 11) is 0. The molecule has 3 N–H and O–H groups in total. The predicted molar refractivity (Wildman–Crippen MR) is 112 cm³/mol. The number of carbonyl (C=O) groups is 1. The molecule has 1 amide bonds. The SMILES string of the molecule is Cc1occc1-c1nnc(SCC(=O)N[C@@H]2CCN(Cc3ccccc3)C2)n1N. The van der Waals surface area contributed by atoms with Gasteiger partial charge in [0.1, 0.15) is 5.76 Å². The second-order valence-electron chi connectivity index (χ2n) is 7.13. The molecular weight excluding hydrogens is 388 g/mol. The van der Waals surface area contributed by atoms with Crippen LogP contribution in [0.25, 0.3) is 11.4 Å². The van der Waals surface area contributed by atoms with Gasteiger partial charge in [0, 0.05) is 25.7 Å². The van der Waals surface area contributed by atoms with E-state index in [4.69, 9.17) is 10.3 Å². The summed E-state index contributed by atoms with van der Waals surface area (Å²) in [5, 5.41) is 11.8. The van der Waals surface area contributed by atoms with Gasteiger partial charge in [0.15, 0.2) is 5.82 Å². The third-order valence-electron chi connectivity index (χ3n) is 4.98. The summed E-state index contributed by atoms with van der Waals surface area (Å²) in [6.45, 7) is 4.60. The van der Waals surface area contributed by atoms with Gasteiger partial charge in [0.05, 0.1) is 17.6 Å². The summed E-state index contributed by atoms with van der Waals surface area (Å²) in [6, 6.07) is 12.4. The van der Waals surface area contributed by atoms with E-state index in [9.17, 15) is 4.79 Å². The number of nitrogens with one attached hydrogen (secondary N) is 1. The van der Waals surface area contributed by atoms with E-state index in [0.29, 0.717) is 11.0 Å². The van der Waals surface area contributed by atoms with Gasteiger partial charge in [0.25, 0.3) is 0 Å². The Labute approximate surface area is 173 Å². The van der Waals surface area contributed by atoms with Crippen molar-refractivity contribution < 1.29 is 9.21 Å². The summed E-state index contributed by atoms with van der Waals surface area (Å²) in [5.74, 6) is 7.56. The van der Waals surface area contributed by atoms with E-state index in [1.807, 2.05) is 13.0 Å². The monoisotopic (exact) mass is 412 g/mol. The van der Waals surface area contributed by atoms with Crippen LogP contribution in [0.4, 0.5) is 0 Å². The zero-order valence-electron chi connectivity index (χ0n) is 16.2. The fourth-order valence-electron chi connectivity index (χ4n) is 3.51. The number of benzene rings is 1. The van der Waals surface area contributed by atoms with E-state index in [2.05, 4.69) is 44.7 Å². The van der Waals surface area contributed by atoms with Gasteiger partial charge < -0.3 is 15.6 Å². The van der Waals surface area contributed by atoms with Crippen molar-refractivity contribution in [3.63, 3.8) is 0 Å². The Balaban J connectivity index is 1.26. The van der Waals surface area contributed by atoms with Crippen LogP contribution in [0.1, 0.15) is 17.7 Å². The van der Waals surface area contributed by atoms with E-state index < -0.39 is 0 Å². The summed E-state index contributed by atoms with van der Waals surface area (Å²) >= 11 is 1.27. The highest BCUT2D eigenvalue weighted by Crippen LogP contribution is 2.25. The zero-order chi connectivity index (χ0) is 20.2. The Morgan fingerprint density at radius 2 is 2.14 bits per heavy atom. The number of hydrogen-bond acceptors (Lipinski definition) is 7. The molecule has 0 radical (unpaired) electrons. The molecule has 0 aliphatic carbocycles. The zero-order valence-corrected chi connectivity index (χ0v) is 17.1.